The number of nitro benzene ring substituents is 1. The Morgan fingerprint density at radius 2 is 1.89 bits per heavy atom. The van der Waals surface area contributed by atoms with Crippen LogP contribution in [-0.2, 0) is 14.3 Å². The third-order valence-corrected chi connectivity index (χ3v) is 10.7. The van der Waals surface area contributed by atoms with E-state index in [0.29, 0.717) is 55.4 Å². The summed E-state index contributed by atoms with van der Waals surface area (Å²) in [5.74, 6) is -0.651. The largest absolute Gasteiger partial charge is 0.459 e. The number of unbranched alkanes of at least 4 members (excludes halogenated alkanes) is 2. The molecule has 55 heavy (non-hydrogen) atoms. The van der Waals surface area contributed by atoms with Gasteiger partial charge in [0.1, 0.15) is 36.5 Å². The van der Waals surface area contributed by atoms with Gasteiger partial charge in [-0.2, -0.15) is 0 Å². The van der Waals surface area contributed by atoms with E-state index in [4.69, 9.17) is 35.4 Å². The average Bonchev–Trinajstić information content (AvgIpc) is 3.19. The number of carbonyl (C=O) groups excluding carboxylic acids is 1. The molecule has 1 saturated carbocycles. The quantitative estimate of drug-likeness (QED) is 0.0416. The van der Waals surface area contributed by atoms with Gasteiger partial charge in [0.15, 0.2) is 0 Å². The zero-order chi connectivity index (χ0) is 39.4. The highest BCUT2D eigenvalue weighted by Crippen LogP contribution is 2.62. The predicted molar refractivity (Wildman–Crippen MR) is 209 cm³/mol. The fourth-order valence-corrected chi connectivity index (χ4v) is 8.55. The summed E-state index contributed by atoms with van der Waals surface area (Å²) in [7, 11) is 0. The Bertz CT molecular complexity index is 1690. The second kappa shape index (κ2) is 20.1. The first kappa shape index (κ1) is 42.0. The van der Waals surface area contributed by atoms with Crippen LogP contribution in [0.1, 0.15) is 76.7 Å². The lowest BCUT2D eigenvalue weighted by Crippen LogP contribution is -2.70. The number of rotatable bonds is 21. The molecule has 300 valence electrons. The minimum atomic E-state index is -1.42. The van der Waals surface area contributed by atoms with E-state index in [2.05, 4.69) is 17.8 Å². The second-order valence-electron chi connectivity index (χ2n) is 14.0. The summed E-state index contributed by atoms with van der Waals surface area (Å²) in [6, 6.07) is 10.9. The van der Waals surface area contributed by atoms with Crippen LogP contribution in [0.25, 0.3) is 0 Å². The van der Waals surface area contributed by atoms with Crippen LogP contribution in [0.5, 0.6) is 17.2 Å². The Morgan fingerprint density at radius 3 is 2.58 bits per heavy atom. The fourth-order valence-electron chi connectivity index (χ4n) is 8.48. The number of aliphatic hydroxyl groups excluding tert-OH is 2. The summed E-state index contributed by atoms with van der Waals surface area (Å²) in [5, 5.41) is 35.9. The number of oxime groups is 1. The topological polar surface area (TPSA) is 162 Å². The molecule has 0 spiro atoms. The summed E-state index contributed by atoms with van der Waals surface area (Å²) in [5.41, 5.74) is 2.37. The molecule has 14 heteroatoms. The van der Waals surface area contributed by atoms with Gasteiger partial charge in [0, 0.05) is 43.7 Å². The zero-order valence-corrected chi connectivity index (χ0v) is 32.5. The van der Waals surface area contributed by atoms with Gasteiger partial charge in [-0.25, -0.2) is 4.79 Å². The molecular weight excluding hydrogens is 730 g/mol. The molecular formula is C41H54ClN3O10. The van der Waals surface area contributed by atoms with E-state index in [1.54, 1.807) is 29.2 Å². The number of nitro groups is 1. The van der Waals surface area contributed by atoms with Crippen molar-refractivity contribution in [2.75, 3.05) is 45.5 Å². The van der Waals surface area contributed by atoms with Gasteiger partial charge >= 0.3 is 6.09 Å². The second-order valence-corrected chi connectivity index (χ2v) is 14.4. The van der Waals surface area contributed by atoms with Gasteiger partial charge in [-0.1, -0.05) is 43.1 Å². The summed E-state index contributed by atoms with van der Waals surface area (Å²) in [4.78, 5) is 32.5. The van der Waals surface area contributed by atoms with E-state index >= 15 is 0 Å². The van der Waals surface area contributed by atoms with Gasteiger partial charge in [0.2, 0.25) is 5.79 Å². The molecule has 0 bridgehead atoms. The first-order valence-electron chi connectivity index (χ1n) is 19.4. The number of nitrogens with zero attached hydrogens (tertiary/aromatic N) is 3. The summed E-state index contributed by atoms with van der Waals surface area (Å²) < 4.78 is 26.0. The van der Waals surface area contributed by atoms with Crippen LogP contribution in [0.3, 0.4) is 0 Å². The van der Waals surface area contributed by atoms with E-state index in [9.17, 15) is 25.1 Å². The van der Waals surface area contributed by atoms with Crippen molar-refractivity contribution in [3.63, 3.8) is 0 Å². The maximum absolute atomic E-state index is 13.9. The van der Waals surface area contributed by atoms with Gasteiger partial charge < -0.3 is 34.0 Å². The summed E-state index contributed by atoms with van der Waals surface area (Å²) >= 11 is 5.96. The molecule has 1 fully saturated rings. The number of halogens is 1. The monoisotopic (exact) mass is 783 g/mol. The predicted octanol–water partition coefficient (Wildman–Crippen LogP) is 8.13. The van der Waals surface area contributed by atoms with Gasteiger partial charge in [-0.15, -0.1) is 18.2 Å². The van der Waals surface area contributed by atoms with E-state index in [-0.39, 0.29) is 62.2 Å². The molecule has 2 N–H and O–H groups in total. The summed E-state index contributed by atoms with van der Waals surface area (Å²) in [6.45, 7) is 8.80. The lowest BCUT2D eigenvalue weighted by atomic mass is 9.55. The van der Waals surface area contributed by atoms with Crippen LogP contribution in [0, 0.1) is 27.9 Å². The highest BCUT2D eigenvalue weighted by molar-refractivity contribution is 6.18. The molecule has 0 radical (unpaired) electrons. The lowest BCUT2D eigenvalue weighted by Gasteiger charge is -2.59. The molecule has 13 nitrogen and oxygen atoms in total. The Morgan fingerprint density at radius 1 is 1.13 bits per heavy atom. The number of carbonyl (C=O) groups is 1. The number of allylic oxidation sites excluding steroid dienone is 1. The van der Waals surface area contributed by atoms with Crippen LogP contribution in [0.15, 0.2) is 71.9 Å². The Hall–Kier alpha value is -4.17. The van der Waals surface area contributed by atoms with Crippen molar-refractivity contribution in [2.24, 2.45) is 22.9 Å². The van der Waals surface area contributed by atoms with E-state index in [1.807, 2.05) is 26.0 Å². The molecule has 3 aliphatic rings. The molecule has 0 aromatic heterocycles. The molecule has 0 unspecified atom stereocenters. The van der Waals surface area contributed by atoms with Gasteiger partial charge in [-0.3, -0.25) is 15.0 Å². The standard InChI is InChI=1S/C41H54ClN3O10/c1-4-19-44(40(48)51-23-18-42)37-27-35(43-53-6-3)33-24-28(12-7-9-20-46)32(15-8-10-21-47)38-34-26-31(54-30-14-11-13-29(25-30)45(49)50)16-17-36(34)55-41(37,39(33)38)52-22-5-2/h5,11,13-14,16-17,24-26,28,32,37-39,46-47H,2,4,6-10,12,15,18-23,27H2,1,3H3/t28-,32+,37-,38+,39+,41+/m0/s1. The van der Waals surface area contributed by atoms with Gasteiger partial charge in [-0.05, 0) is 80.7 Å². The number of alkyl halides is 1. The number of aliphatic hydroxyl groups is 2. The number of ether oxygens (including phenoxy) is 4. The minimum absolute atomic E-state index is 0.0105. The number of amides is 1. The van der Waals surface area contributed by atoms with Crippen LogP contribution in [0.4, 0.5) is 10.5 Å². The molecule has 2 aromatic carbocycles. The van der Waals surface area contributed by atoms with Crippen molar-refractivity contribution < 1.29 is 43.7 Å². The Balaban J connectivity index is 1.76. The highest BCUT2D eigenvalue weighted by atomic mass is 35.5. The molecule has 0 saturated heterocycles. The highest BCUT2D eigenvalue weighted by Gasteiger charge is 2.65. The van der Waals surface area contributed by atoms with Gasteiger partial charge in [0.05, 0.1) is 35.1 Å². The molecule has 1 amide bonds. The number of hydrogen-bond acceptors (Lipinski definition) is 11. The van der Waals surface area contributed by atoms with Crippen molar-refractivity contribution in [3.8, 4) is 17.2 Å². The minimum Gasteiger partial charge on any atom is -0.459 e. The van der Waals surface area contributed by atoms with Crippen molar-refractivity contribution in [3.05, 3.63) is 82.4 Å². The lowest BCUT2D eigenvalue weighted by molar-refractivity contribution is -0.384. The first-order chi connectivity index (χ1) is 26.8. The van der Waals surface area contributed by atoms with Crippen molar-refractivity contribution >= 4 is 29.1 Å². The molecule has 6 atom stereocenters. The van der Waals surface area contributed by atoms with E-state index in [1.165, 1.54) is 12.1 Å². The van der Waals surface area contributed by atoms with E-state index < -0.39 is 28.8 Å². The molecule has 5 rings (SSSR count). The number of non-ortho nitro benzene ring substituents is 1. The van der Waals surface area contributed by atoms with E-state index in [0.717, 1.165) is 36.8 Å². The maximum atomic E-state index is 13.9. The Kier molecular flexibility index (Phi) is 15.4. The fraction of sp³-hybridized carbons (Fsp3) is 0.561. The number of hydrogen-bond donors (Lipinski definition) is 2. The van der Waals surface area contributed by atoms with Crippen LogP contribution < -0.4 is 9.47 Å². The van der Waals surface area contributed by atoms with Crippen LogP contribution in [-0.4, -0.2) is 89.1 Å². The maximum Gasteiger partial charge on any atom is 0.410 e. The normalized spacial score (nSPS) is 24.5. The number of fused-ring (bicyclic) bond motifs is 2. The molecule has 1 heterocycles. The number of benzene rings is 2. The zero-order valence-electron chi connectivity index (χ0n) is 31.8. The third kappa shape index (κ3) is 9.45. The molecule has 2 aromatic rings. The first-order valence-corrected chi connectivity index (χ1v) is 19.9. The van der Waals surface area contributed by atoms with Crippen molar-refractivity contribution in [1.82, 2.24) is 4.90 Å². The third-order valence-electron chi connectivity index (χ3n) is 10.6. The smallest absolute Gasteiger partial charge is 0.410 e. The molecule has 1 aliphatic heterocycles. The van der Waals surface area contributed by atoms with Crippen molar-refractivity contribution in [2.45, 2.75) is 83.0 Å². The summed E-state index contributed by atoms with van der Waals surface area (Å²) in [6.07, 6.45) is 8.69. The SMILES string of the molecule is C=CCO[C@@]12Oc3ccc(Oc4cccc([N+](=O)[O-])c4)cc3[C@H]3[C@H](CCCCO)[C@@H](CCCCO)C=C(C(=NOCC)C[C@@H]1N(CCC)C(=O)OCCCl)[C@H]32. The molecule has 2 aliphatic carbocycles. The average molecular weight is 784 g/mol. The van der Waals surface area contributed by atoms with Crippen LogP contribution >= 0.6 is 11.6 Å². The van der Waals surface area contributed by atoms with Crippen LogP contribution in [0.2, 0.25) is 0 Å². The van der Waals surface area contributed by atoms with Crippen molar-refractivity contribution in [1.29, 1.82) is 0 Å². The van der Waals surface area contributed by atoms with Gasteiger partial charge in [0.25, 0.3) is 5.69 Å². The Labute approximate surface area is 328 Å².